The SMILES string of the molecule is C=CCCCCCC(N)C1(N2CCCC2)CCCC1. The van der Waals surface area contributed by atoms with Crippen LogP contribution in [0.3, 0.4) is 0 Å². The lowest BCUT2D eigenvalue weighted by molar-refractivity contribution is 0.0877. The summed E-state index contributed by atoms with van der Waals surface area (Å²) in [5.41, 5.74) is 7.02. The second kappa shape index (κ2) is 7.44. The fourth-order valence-electron chi connectivity index (χ4n) is 4.17. The van der Waals surface area contributed by atoms with Gasteiger partial charge in [0.1, 0.15) is 0 Å². The Morgan fingerprint density at radius 1 is 1.05 bits per heavy atom. The molecule has 110 valence electrons. The third-order valence-corrected chi connectivity index (χ3v) is 5.32. The van der Waals surface area contributed by atoms with Crippen LogP contribution >= 0.6 is 0 Å². The Balaban J connectivity index is 1.82. The van der Waals surface area contributed by atoms with E-state index in [1.165, 1.54) is 77.3 Å². The average molecular weight is 264 g/mol. The molecule has 2 N–H and O–H groups in total. The van der Waals surface area contributed by atoms with E-state index in [9.17, 15) is 0 Å². The van der Waals surface area contributed by atoms with Gasteiger partial charge in [-0.2, -0.15) is 0 Å². The predicted molar refractivity (Wildman–Crippen MR) is 83.3 cm³/mol. The van der Waals surface area contributed by atoms with E-state index in [1.807, 2.05) is 6.08 Å². The van der Waals surface area contributed by atoms with Crippen molar-refractivity contribution in [2.24, 2.45) is 5.73 Å². The van der Waals surface area contributed by atoms with Crippen LogP contribution in [0, 0.1) is 0 Å². The van der Waals surface area contributed by atoms with Gasteiger partial charge in [-0.1, -0.05) is 31.8 Å². The van der Waals surface area contributed by atoms with Gasteiger partial charge < -0.3 is 5.73 Å². The zero-order chi connectivity index (χ0) is 13.6. The summed E-state index contributed by atoms with van der Waals surface area (Å²) >= 11 is 0. The fourth-order valence-corrected chi connectivity index (χ4v) is 4.17. The van der Waals surface area contributed by atoms with Crippen LogP contribution in [0.5, 0.6) is 0 Å². The standard InChI is InChI=1S/C17H32N2/c1-2-3-4-5-6-11-16(18)17(12-7-8-13-17)19-14-9-10-15-19/h2,16H,1,3-15,18H2. The van der Waals surface area contributed by atoms with Crippen molar-refractivity contribution in [1.82, 2.24) is 4.90 Å². The lowest BCUT2D eigenvalue weighted by Gasteiger charge is -2.43. The van der Waals surface area contributed by atoms with Crippen LogP contribution in [0.2, 0.25) is 0 Å². The van der Waals surface area contributed by atoms with E-state index in [-0.39, 0.29) is 0 Å². The molecule has 19 heavy (non-hydrogen) atoms. The topological polar surface area (TPSA) is 29.3 Å². The first-order chi connectivity index (χ1) is 9.29. The summed E-state index contributed by atoms with van der Waals surface area (Å²) in [5, 5.41) is 0. The Morgan fingerprint density at radius 3 is 2.37 bits per heavy atom. The molecule has 2 aliphatic rings. The maximum Gasteiger partial charge on any atom is 0.0360 e. The molecule has 2 nitrogen and oxygen atoms in total. The summed E-state index contributed by atoms with van der Waals surface area (Å²) in [4.78, 5) is 2.74. The normalized spacial score (nSPS) is 24.7. The maximum atomic E-state index is 6.65. The van der Waals surface area contributed by atoms with Crippen molar-refractivity contribution in [3.05, 3.63) is 12.7 Å². The van der Waals surface area contributed by atoms with Crippen molar-refractivity contribution in [1.29, 1.82) is 0 Å². The zero-order valence-electron chi connectivity index (χ0n) is 12.6. The molecule has 0 aromatic rings. The van der Waals surface area contributed by atoms with E-state index in [0.29, 0.717) is 11.6 Å². The molecule has 0 radical (unpaired) electrons. The third-order valence-electron chi connectivity index (χ3n) is 5.32. The highest BCUT2D eigenvalue weighted by Gasteiger charge is 2.44. The first kappa shape index (κ1) is 15.1. The van der Waals surface area contributed by atoms with Gasteiger partial charge >= 0.3 is 0 Å². The van der Waals surface area contributed by atoms with E-state index >= 15 is 0 Å². The molecule has 0 spiro atoms. The molecule has 1 aliphatic heterocycles. The molecule has 1 heterocycles. The summed E-state index contributed by atoms with van der Waals surface area (Å²) in [5.74, 6) is 0. The lowest BCUT2D eigenvalue weighted by Crippen LogP contribution is -2.57. The Labute approximate surface area is 119 Å². The molecule has 0 amide bonds. The van der Waals surface area contributed by atoms with E-state index in [1.54, 1.807) is 0 Å². The molecule has 1 unspecified atom stereocenters. The Bertz CT molecular complexity index is 262. The van der Waals surface area contributed by atoms with Crippen molar-refractivity contribution in [3.8, 4) is 0 Å². The summed E-state index contributed by atoms with van der Waals surface area (Å²) in [7, 11) is 0. The summed E-state index contributed by atoms with van der Waals surface area (Å²) in [6.07, 6.45) is 16.5. The number of unbranched alkanes of at least 4 members (excludes halogenated alkanes) is 3. The minimum absolute atomic E-state index is 0.370. The maximum absolute atomic E-state index is 6.65. The van der Waals surface area contributed by atoms with Crippen molar-refractivity contribution in [3.63, 3.8) is 0 Å². The number of hydrogen-bond donors (Lipinski definition) is 1. The van der Waals surface area contributed by atoms with Crippen molar-refractivity contribution < 1.29 is 0 Å². The lowest BCUT2D eigenvalue weighted by atomic mass is 9.84. The second-order valence-corrected chi connectivity index (χ2v) is 6.54. The smallest absolute Gasteiger partial charge is 0.0360 e. The minimum Gasteiger partial charge on any atom is -0.326 e. The number of nitrogens with zero attached hydrogens (tertiary/aromatic N) is 1. The summed E-state index contributed by atoms with van der Waals surface area (Å²) in [6.45, 7) is 6.38. The highest BCUT2D eigenvalue weighted by molar-refractivity contribution is 5.03. The molecule has 0 aromatic heterocycles. The van der Waals surface area contributed by atoms with Gasteiger partial charge in [-0.25, -0.2) is 0 Å². The second-order valence-electron chi connectivity index (χ2n) is 6.54. The third kappa shape index (κ3) is 3.61. The van der Waals surface area contributed by atoms with Crippen LogP contribution in [0.25, 0.3) is 0 Å². The van der Waals surface area contributed by atoms with Crippen LogP contribution in [0.15, 0.2) is 12.7 Å². The molecule has 1 atom stereocenters. The number of hydrogen-bond acceptors (Lipinski definition) is 2. The van der Waals surface area contributed by atoms with Crippen molar-refractivity contribution in [2.75, 3.05) is 13.1 Å². The Hall–Kier alpha value is -0.340. The average Bonchev–Trinajstić information content (AvgIpc) is 3.09. The van der Waals surface area contributed by atoms with E-state index < -0.39 is 0 Å². The van der Waals surface area contributed by atoms with Gasteiger partial charge in [0.15, 0.2) is 0 Å². The van der Waals surface area contributed by atoms with Gasteiger partial charge in [-0.3, -0.25) is 4.90 Å². The van der Waals surface area contributed by atoms with Crippen LogP contribution in [0.4, 0.5) is 0 Å². The molecule has 0 bridgehead atoms. The molecule has 1 aliphatic carbocycles. The summed E-state index contributed by atoms with van der Waals surface area (Å²) in [6, 6.07) is 0.400. The predicted octanol–water partition coefficient (Wildman–Crippen LogP) is 3.86. The largest absolute Gasteiger partial charge is 0.326 e. The van der Waals surface area contributed by atoms with Crippen LogP contribution in [-0.4, -0.2) is 29.6 Å². The number of likely N-dealkylation sites (tertiary alicyclic amines) is 1. The molecule has 2 fully saturated rings. The quantitative estimate of drug-likeness (QED) is 0.533. The first-order valence-electron chi connectivity index (χ1n) is 8.41. The monoisotopic (exact) mass is 264 g/mol. The molecular formula is C17H32N2. The molecule has 2 rings (SSSR count). The van der Waals surface area contributed by atoms with E-state index in [4.69, 9.17) is 5.73 Å². The highest BCUT2D eigenvalue weighted by atomic mass is 15.2. The van der Waals surface area contributed by atoms with Crippen molar-refractivity contribution in [2.45, 2.75) is 82.2 Å². The Morgan fingerprint density at radius 2 is 1.74 bits per heavy atom. The Kier molecular flexibility index (Phi) is 5.90. The van der Waals surface area contributed by atoms with Crippen LogP contribution in [0.1, 0.15) is 70.6 Å². The molecular weight excluding hydrogens is 232 g/mol. The molecule has 1 saturated carbocycles. The van der Waals surface area contributed by atoms with E-state index in [0.717, 1.165) is 6.42 Å². The molecule has 1 saturated heterocycles. The summed E-state index contributed by atoms with van der Waals surface area (Å²) < 4.78 is 0. The van der Waals surface area contributed by atoms with Gasteiger partial charge in [0.25, 0.3) is 0 Å². The van der Waals surface area contributed by atoms with E-state index in [2.05, 4.69) is 11.5 Å². The first-order valence-corrected chi connectivity index (χ1v) is 8.41. The van der Waals surface area contributed by atoms with Crippen LogP contribution < -0.4 is 5.73 Å². The highest BCUT2D eigenvalue weighted by Crippen LogP contribution is 2.40. The van der Waals surface area contributed by atoms with Gasteiger partial charge in [0, 0.05) is 11.6 Å². The number of nitrogens with two attached hydrogens (primary N) is 1. The van der Waals surface area contributed by atoms with Crippen LogP contribution in [-0.2, 0) is 0 Å². The fraction of sp³-hybridized carbons (Fsp3) is 0.882. The number of rotatable bonds is 8. The van der Waals surface area contributed by atoms with Gasteiger partial charge in [-0.05, 0) is 58.0 Å². The molecule has 0 aromatic carbocycles. The van der Waals surface area contributed by atoms with Gasteiger partial charge in [0.2, 0.25) is 0 Å². The van der Waals surface area contributed by atoms with Gasteiger partial charge in [-0.15, -0.1) is 6.58 Å². The zero-order valence-corrected chi connectivity index (χ0v) is 12.6. The van der Waals surface area contributed by atoms with Gasteiger partial charge in [0.05, 0.1) is 0 Å². The number of allylic oxidation sites excluding steroid dienone is 1. The van der Waals surface area contributed by atoms with Crippen molar-refractivity contribution >= 4 is 0 Å². The minimum atomic E-state index is 0.370. The molecule has 2 heteroatoms.